The summed E-state index contributed by atoms with van der Waals surface area (Å²) in [6.45, 7) is 5.75. The number of likely N-dealkylation sites (tertiary alicyclic amines) is 1. The topological polar surface area (TPSA) is 55.6 Å². The monoisotopic (exact) mass is 352 g/mol. The third-order valence-electron chi connectivity index (χ3n) is 5.33. The highest BCUT2D eigenvalue weighted by Gasteiger charge is 2.35. The number of para-hydroxylation sites is 1. The van der Waals surface area contributed by atoms with Crippen molar-refractivity contribution in [3.63, 3.8) is 0 Å². The largest absolute Gasteiger partial charge is 0.490 e. The van der Waals surface area contributed by atoms with Crippen molar-refractivity contribution in [3.8, 4) is 5.75 Å². The van der Waals surface area contributed by atoms with E-state index in [0.717, 1.165) is 50.9 Å². The lowest BCUT2D eigenvalue weighted by molar-refractivity contribution is -0.137. The van der Waals surface area contributed by atoms with Crippen LogP contribution >= 0.6 is 12.4 Å². The Hall–Kier alpha value is -1.26. The number of ether oxygens (including phenoxy) is 1. The van der Waals surface area contributed by atoms with Gasteiger partial charge in [0, 0.05) is 32.0 Å². The maximum absolute atomic E-state index is 12.6. The van der Waals surface area contributed by atoms with Crippen LogP contribution in [0.25, 0.3) is 0 Å². The summed E-state index contributed by atoms with van der Waals surface area (Å²) in [5, 5.41) is 0. The summed E-state index contributed by atoms with van der Waals surface area (Å²) >= 11 is 0. The molecule has 4 nitrogen and oxygen atoms in total. The molecule has 1 heterocycles. The molecule has 1 aliphatic carbocycles. The summed E-state index contributed by atoms with van der Waals surface area (Å²) in [6.07, 6.45) is 5.05. The number of carbonyl (C=O) groups is 1. The Labute approximate surface area is 151 Å². The first-order chi connectivity index (χ1) is 11.1. The fraction of sp³-hybridized carbons (Fsp3) is 0.632. The lowest BCUT2D eigenvalue weighted by Gasteiger charge is -2.34. The minimum Gasteiger partial charge on any atom is -0.490 e. The maximum Gasteiger partial charge on any atom is 0.227 e. The number of piperidine rings is 1. The van der Waals surface area contributed by atoms with Crippen molar-refractivity contribution in [2.45, 2.75) is 58.1 Å². The van der Waals surface area contributed by atoms with Gasteiger partial charge in [0.2, 0.25) is 5.91 Å². The first kappa shape index (κ1) is 19.1. The summed E-state index contributed by atoms with van der Waals surface area (Å²) in [4.78, 5) is 14.6. The number of hydrogen-bond acceptors (Lipinski definition) is 3. The van der Waals surface area contributed by atoms with Crippen LogP contribution in [0.3, 0.4) is 0 Å². The zero-order chi connectivity index (χ0) is 16.4. The first-order valence-electron chi connectivity index (χ1n) is 8.83. The second-order valence-corrected chi connectivity index (χ2v) is 7.06. The molecule has 24 heavy (non-hydrogen) atoms. The summed E-state index contributed by atoms with van der Waals surface area (Å²) < 4.78 is 6.23. The van der Waals surface area contributed by atoms with Crippen LogP contribution in [-0.2, 0) is 4.79 Å². The second-order valence-electron chi connectivity index (χ2n) is 7.06. The molecule has 2 atom stereocenters. The molecule has 1 saturated carbocycles. The molecule has 2 N–H and O–H groups in total. The predicted molar refractivity (Wildman–Crippen MR) is 98.7 cm³/mol. The maximum atomic E-state index is 12.6. The van der Waals surface area contributed by atoms with Gasteiger partial charge in [0.1, 0.15) is 11.9 Å². The third kappa shape index (κ3) is 4.04. The molecule has 0 spiro atoms. The summed E-state index contributed by atoms with van der Waals surface area (Å²) in [7, 11) is 0. The van der Waals surface area contributed by atoms with Crippen molar-refractivity contribution < 1.29 is 9.53 Å². The Morgan fingerprint density at radius 3 is 2.29 bits per heavy atom. The Morgan fingerprint density at radius 1 is 1.12 bits per heavy atom. The summed E-state index contributed by atoms with van der Waals surface area (Å²) in [5.41, 5.74) is 8.44. The van der Waals surface area contributed by atoms with Gasteiger partial charge >= 0.3 is 0 Å². The minimum atomic E-state index is 0. The Morgan fingerprint density at radius 2 is 1.75 bits per heavy atom. The van der Waals surface area contributed by atoms with Crippen LogP contribution in [0.1, 0.15) is 43.2 Å². The average molecular weight is 353 g/mol. The number of aryl methyl sites for hydroxylation is 2. The van der Waals surface area contributed by atoms with Crippen molar-refractivity contribution >= 4 is 18.3 Å². The molecule has 2 aliphatic rings. The lowest BCUT2D eigenvalue weighted by atomic mass is 10.00. The predicted octanol–water partition coefficient (Wildman–Crippen LogP) is 3.22. The van der Waals surface area contributed by atoms with Crippen molar-refractivity contribution in [2.75, 3.05) is 13.1 Å². The van der Waals surface area contributed by atoms with E-state index in [4.69, 9.17) is 10.5 Å². The molecule has 0 bridgehead atoms. The van der Waals surface area contributed by atoms with Gasteiger partial charge in [-0.1, -0.05) is 24.6 Å². The van der Waals surface area contributed by atoms with E-state index < -0.39 is 0 Å². The van der Waals surface area contributed by atoms with Gasteiger partial charge in [0.05, 0.1) is 5.92 Å². The van der Waals surface area contributed by atoms with Crippen LogP contribution in [0.15, 0.2) is 18.2 Å². The van der Waals surface area contributed by atoms with Crippen molar-refractivity contribution in [3.05, 3.63) is 29.3 Å². The minimum absolute atomic E-state index is 0. The Bertz CT molecular complexity index is 550. The lowest BCUT2D eigenvalue weighted by Crippen LogP contribution is -2.47. The number of nitrogens with two attached hydrogens (primary N) is 1. The van der Waals surface area contributed by atoms with E-state index in [1.165, 1.54) is 11.1 Å². The molecule has 5 heteroatoms. The zero-order valence-corrected chi connectivity index (χ0v) is 15.5. The summed E-state index contributed by atoms with van der Waals surface area (Å²) in [5.74, 6) is 1.32. The van der Waals surface area contributed by atoms with E-state index in [9.17, 15) is 4.79 Å². The fourth-order valence-corrected chi connectivity index (χ4v) is 3.88. The van der Waals surface area contributed by atoms with Crippen molar-refractivity contribution in [1.29, 1.82) is 0 Å². The molecule has 1 amide bonds. The van der Waals surface area contributed by atoms with E-state index in [0.29, 0.717) is 0 Å². The van der Waals surface area contributed by atoms with Crippen LogP contribution in [0.5, 0.6) is 5.75 Å². The molecular formula is C19H29ClN2O2. The van der Waals surface area contributed by atoms with E-state index in [1.54, 1.807) is 0 Å². The number of rotatable bonds is 3. The first-order valence-corrected chi connectivity index (χ1v) is 8.83. The fourth-order valence-electron chi connectivity index (χ4n) is 3.88. The molecule has 1 aromatic rings. The van der Waals surface area contributed by atoms with E-state index in [1.807, 2.05) is 4.90 Å². The molecule has 1 saturated heterocycles. The molecular weight excluding hydrogens is 324 g/mol. The molecule has 2 fully saturated rings. The van der Waals surface area contributed by atoms with E-state index >= 15 is 0 Å². The smallest absolute Gasteiger partial charge is 0.227 e. The van der Waals surface area contributed by atoms with Gasteiger partial charge in [-0.3, -0.25) is 4.79 Å². The highest BCUT2D eigenvalue weighted by molar-refractivity contribution is 5.85. The van der Waals surface area contributed by atoms with Crippen LogP contribution in [0.4, 0.5) is 0 Å². The molecule has 1 aromatic carbocycles. The SMILES string of the molecule is Cc1cccc(C)c1OC1CCN(C(=O)C2CCCC2N)CC1.Cl. The molecule has 0 radical (unpaired) electrons. The van der Waals surface area contributed by atoms with Gasteiger partial charge in [-0.05, 0) is 37.8 Å². The number of hydrogen-bond donors (Lipinski definition) is 1. The normalized spacial score (nSPS) is 24.5. The molecule has 3 rings (SSSR count). The van der Waals surface area contributed by atoms with Gasteiger partial charge in [-0.2, -0.15) is 0 Å². The molecule has 1 aliphatic heterocycles. The number of amides is 1. The highest BCUT2D eigenvalue weighted by Crippen LogP contribution is 2.29. The van der Waals surface area contributed by atoms with Gasteiger partial charge < -0.3 is 15.4 Å². The molecule has 0 aromatic heterocycles. The van der Waals surface area contributed by atoms with Crippen molar-refractivity contribution in [1.82, 2.24) is 4.90 Å². The van der Waals surface area contributed by atoms with Crippen LogP contribution < -0.4 is 10.5 Å². The zero-order valence-electron chi connectivity index (χ0n) is 14.7. The number of benzene rings is 1. The van der Waals surface area contributed by atoms with Crippen LogP contribution in [0.2, 0.25) is 0 Å². The molecule has 134 valence electrons. The van der Waals surface area contributed by atoms with Crippen LogP contribution in [-0.4, -0.2) is 36.0 Å². The Kier molecular flexibility index (Phi) is 6.53. The third-order valence-corrected chi connectivity index (χ3v) is 5.33. The standard InChI is InChI=1S/C19H28N2O2.ClH/c1-13-5-3-6-14(2)18(13)23-15-9-11-21(12-10-15)19(22)16-7-4-8-17(16)20;/h3,5-6,15-17H,4,7-12,20H2,1-2H3;1H. The number of nitrogens with zero attached hydrogens (tertiary/aromatic N) is 1. The van der Waals surface area contributed by atoms with Gasteiger partial charge in [-0.25, -0.2) is 0 Å². The van der Waals surface area contributed by atoms with Crippen LogP contribution in [0, 0.1) is 19.8 Å². The Balaban J connectivity index is 0.00000208. The number of halogens is 1. The number of carbonyl (C=O) groups excluding carboxylic acids is 1. The average Bonchev–Trinajstić information content (AvgIpc) is 2.97. The highest BCUT2D eigenvalue weighted by atomic mass is 35.5. The van der Waals surface area contributed by atoms with Gasteiger partial charge in [0.15, 0.2) is 0 Å². The van der Waals surface area contributed by atoms with Crippen molar-refractivity contribution in [2.24, 2.45) is 11.7 Å². The van der Waals surface area contributed by atoms with E-state index in [2.05, 4.69) is 32.0 Å². The van der Waals surface area contributed by atoms with E-state index in [-0.39, 0.29) is 36.4 Å². The van der Waals surface area contributed by atoms with Gasteiger partial charge in [-0.15, -0.1) is 12.4 Å². The summed E-state index contributed by atoms with van der Waals surface area (Å²) in [6, 6.07) is 6.29. The second kappa shape index (κ2) is 8.21. The quantitative estimate of drug-likeness (QED) is 0.908. The van der Waals surface area contributed by atoms with Gasteiger partial charge in [0.25, 0.3) is 0 Å². The molecule has 2 unspecified atom stereocenters.